The maximum absolute atomic E-state index is 13.3. The monoisotopic (exact) mass is 456 g/mol. The Morgan fingerprint density at radius 3 is 2.65 bits per heavy atom. The number of nitrogens with zero attached hydrogens (tertiary/aromatic N) is 3. The van der Waals surface area contributed by atoms with Gasteiger partial charge in [-0.3, -0.25) is 0 Å². The molecule has 1 aliphatic heterocycles. The van der Waals surface area contributed by atoms with Gasteiger partial charge in [0.2, 0.25) is 5.82 Å². The van der Waals surface area contributed by atoms with Crippen molar-refractivity contribution in [3.05, 3.63) is 76.5 Å². The van der Waals surface area contributed by atoms with Crippen molar-refractivity contribution < 1.29 is 8.91 Å². The molecule has 8 heteroatoms. The summed E-state index contributed by atoms with van der Waals surface area (Å²) in [5.74, 6) is 0.853. The number of nitrogens with one attached hydrogen (secondary N) is 1. The number of rotatable bonds is 5. The average Bonchev–Trinajstić information content (AvgIpc) is 3.20. The molecule has 0 fully saturated rings. The molecule has 1 unspecified atom stereocenters. The lowest BCUT2D eigenvalue weighted by atomic mass is 9.94. The van der Waals surface area contributed by atoms with Gasteiger partial charge in [0.15, 0.2) is 5.11 Å². The van der Waals surface area contributed by atoms with Gasteiger partial charge in [-0.25, -0.2) is 4.39 Å². The Morgan fingerprint density at radius 2 is 1.97 bits per heavy atom. The van der Waals surface area contributed by atoms with E-state index < -0.39 is 0 Å². The molecule has 0 aliphatic carbocycles. The van der Waals surface area contributed by atoms with Crippen molar-refractivity contribution in [2.75, 3.05) is 6.54 Å². The van der Waals surface area contributed by atoms with Gasteiger partial charge in [-0.15, -0.1) is 0 Å². The summed E-state index contributed by atoms with van der Waals surface area (Å²) in [6, 6.07) is 13.3. The van der Waals surface area contributed by atoms with Crippen LogP contribution < -0.4 is 5.32 Å². The normalized spacial score (nSPS) is 16.8. The first-order valence-corrected chi connectivity index (χ1v) is 10.8. The van der Waals surface area contributed by atoms with Gasteiger partial charge < -0.3 is 14.7 Å². The van der Waals surface area contributed by atoms with Crippen LogP contribution in [0.2, 0.25) is 5.02 Å². The molecule has 3 aromatic rings. The Kier molecular flexibility index (Phi) is 6.07. The molecule has 0 radical (unpaired) electrons. The molecule has 0 saturated carbocycles. The third-order valence-electron chi connectivity index (χ3n) is 5.08. The van der Waals surface area contributed by atoms with E-state index in [1.54, 1.807) is 12.1 Å². The zero-order valence-electron chi connectivity index (χ0n) is 17.4. The van der Waals surface area contributed by atoms with Crippen LogP contribution in [0, 0.1) is 11.7 Å². The van der Waals surface area contributed by atoms with Gasteiger partial charge in [-0.1, -0.05) is 42.7 Å². The van der Waals surface area contributed by atoms with E-state index in [0.29, 0.717) is 33.3 Å². The van der Waals surface area contributed by atoms with Crippen LogP contribution in [0.1, 0.15) is 38.3 Å². The lowest BCUT2D eigenvalue weighted by Gasteiger charge is -2.38. The third kappa shape index (κ3) is 4.48. The highest BCUT2D eigenvalue weighted by atomic mass is 35.5. The Balaban J connectivity index is 1.82. The van der Waals surface area contributed by atoms with Gasteiger partial charge in [0.1, 0.15) is 5.82 Å². The minimum atomic E-state index is -0.318. The van der Waals surface area contributed by atoms with Crippen molar-refractivity contribution in [3.63, 3.8) is 0 Å². The number of thiocarbonyl (C=S) groups is 1. The molecule has 2 heterocycles. The lowest BCUT2D eigenvalue weighted by Crippen LogP contribution is -2.47. The third-order valence-corrected chi connectivity index (χ3v) is 5.66. The van der Waals surface area contributed by atoms with Crippen LogP contribution in [-0.4, -0.2) is 26.7 Å². The minimum absolute atomic E-state index is 0.295. The maximum atomic E-state index is 13.3. The lowest BCUT2D eigenvalue weighted by molar-refractivity contribution is 0.386. The number of hydrogen-bond donors (Lipinski definition) is 1. The summed E-state index contributed by atoms with van der Waals surface area (Å²) in [7, 11) is 0. The first-order valence-electron chi connectivity index (χ1n) is 9.97. The molecule has 0 bridgehead atoms. The van der Waals surface area contributed by atoms with Crippen molar-refractivity contribution in [3.8, 4) is 11.4 Å². The van der Waals surface area contributed by atoms with E-state index in [9.17, 15) is 4.39 Å². The molecule has 1 aromatic heterocycles. The zero-order valence-corrected chi connectivity index (χ0v) is 19.0. The number of halogens is 2. The van der Waals surface area contributed by atoms with Crippen LogP contribution in [-0.2, 0) is 0 Å². The van der Waals surface area contributed by atoms with Gasteiger partial charge in [0.25, 0.3) is 5.89 Å². The maximum Gasteiger partial charge on any atom is 0.258 e. The standard InChI is InChI=1S/C23H22ClFN4OS/c1-13(2)12-29-14(3)19(20(26-23(29)31)16-5-4-6-17(24)11-16)22-27-21(28-30-22)15-7-9-18(25)10-8-15/h4-11,13,20H,12H2,1-3H3,(H,26,31). The number of aromatic nitrogens is 2. The van der Waals surface area contributed by atoms with Gasteiger partial charge >= 0.3 is 0 Å². The Labute approximate surface area is 190 Å². The highest BCUT2D eigenvalue weighted by Crippen LogP contribution is 2.38. The van der Waals surface area contributed by atoms with Gasteiger partial charge in [-0.05, 0) is 67.0 Å². The fourth-order valence-corrected chi connectivity index (χ4v) is 4.16. The van der Waals surface area contributed by atoms with Crippen LogP contribution >= 0.6 is 23.8 Å². The van der Waals surface area contributed by atoms with E-state index in [-0.39, 0.29) is 11.9 Å². The second-order valence-electron chi connectivity index (χ2n) is 7.87. The predicted molar refractivity (Wildman–Crippen MR) is 124 cm³/mol. The molecule has 1 atom stereocenters. The Hall–Kier alpha value is -2.77. The SMILES string of the molecule is CC1=C(c2nc(-c3ccc(F)cc3)no2)C(c2cccc(Cl)c2)NC(=S)N1CC(C)C. The molecular formula is C23H22ClFN4OS. The summed E-state index contributed by atoms with van der Waals surface area (Å²) in [5, 5.41) is 8.81. The largest absolute Gasteiger partial charge is 0.351 e. The summed E-state index contributed by atoms with van der Waals surface area (Å²) < 4.78 is 19.0. The molecule has 5 nitrogen and oxygen atoms in total. The summed E-state index contributed by atoms with van der Waals surface area (Å²) in [6.07, 6.45) is 0. The summed E-state index contributed by atoms with van der Waals surface area (Å²) in [5.41, 5.74) is 3.39. The fraction of sp³-hybridized carbons (Fsp3) is 0.261. The van der Waals surface area contributed by atoms with Crippen LogP contribution in [0.25, 0.3) is 17.0 Å². The van der Waals surface area contributed by atoms with Crippen molar-refractivity contribution in [2.45, 2.75) is 26.8 Å². The molecule has 0 saturated heterocycles. The smallest absolute Gasteiger partial charge is 0.258 e. The van der Waals surface area contributed by atoms with Gasteiger partial charge in [0.05, 0.1) is 11.6 Å². The van der Waals surface area contributed by atoms with E-state index in [1.807, 2.05) is 31.2 Å². The molecule has 1 N–H and O–H groups in total. The van der Waals surface area contributed by atoms with Crippen molar-refractivity contribution in [1.82, 2.24) is 20.4 Å². The highest BCUT2D eigenvalue weighted by Gasteiger charge is 2.34. The topological polar surface area (TPSA) is 54.2 Å². The minimum Gasteiger partial charge on any atom is -0.351 e. The van der Waals surface area contributed by atoms with Crippen LogP contribution in [0.3, 0.4) is 0 Å². The Bertz CT molecular complexity index is 1140. The molecule has 0 spiro atoms. The van der Waals surface area contributed by atoms with Gasteiger partial charge in [0, 0.05) is 22.8 Å². The summed E-state index contributed by atoms with van der Waals surface area (Å²) >= 11 is 11.9. The molecule has 1 aliphatic rings. The highest BCUT2D eigenvalue weighted by molar-refractivity contribution is 7.80. The number of hydrogen-bond acceptors (Lipinski definition) is 4. The van der Waals surface area contributed by atoms with Crippen molar-refractivity contribution >= 4 is 34.5 Å². The van der Waals surface area contributed by atoms with E-state index in [4.69, 9.17) is 28.3 Å². The Morgan fingerprint density at radius 1 is 1.23 bits per heavy atom. The van der Waals surface area contributed by atoms with Crippen LogP contribution in [0.5, 0.6) is 0 Å². The second kappa shape index (κ2) is 8.77. The molecular weight excluding hydrogens is 435 g/mol. The molecule has 2 aromatic carbocycles. The molecule has 160 valence electrons. The molecule has 0 amide bonds. The van der Waals surface area contributed by atoms with Crippen molar-refractivity contribution in [2.24, 2.45) is 5.92 Å². The second-order valence-corrected chi connectivity index (χ2v) is 8.69. The first kappa shape index (κ1) is 21.5. The number of allylic oxidation sites excluding steroid dienone is 1. The van der Waals surface area contributed by atoms with Crippen LogP contribution in [0.15, 0.2) is 58.8 Å². The quantitative estimate of drug-likeness (QED) is 0.486. The first-order chi connectivity index (χ1) is 14.8. The van der Waals surface area contributed by atoms with Crippen LogP contribution in [0.4, 0.5) is 4.39 Å². The summed E-state index contributed by atoms with van der Waals surface area (Å²) in [6.45, 7) is 7.03. The van der Waals surface area contributed by atoms with E-state index in [1.165, 1.54) is 12.1 Å². The molecule has 31 heavy (non-hydrogen) atoms. The fourth-order valence-electron chi connectivity index (χ4n) is 3.63. The van der Waals surface area contributed by atoms with Crippen molar-refractivity contribution in [1.29, 1.82) is 0 Å². The predicted octanol–water partition coefficient (Wildman–Crippen LogP) is 5.85. The average molecular weight is 457 g/mol. The van der Waals surface area contributed by atoms with E-state index in [2.05, 4.69) is 34.2 Å². The van der Waals surface area contributed by atoms with E-state index >= 15 is 0 Å². The van der Waals surface area contributed by atoms with Gasteiger partial charge in [-0.2, -0.15) is 4.98 Å². The molecule has 4 rings (SSSR count). The summed E-state index contributed by atoms with van der Waals surface area (Å²) in [4.78, 5) is 6.67. The van der Waals surface area contributed by atoms with E-state index in [0.717, 1.165) is 23.4 Å². The number of benzene rings is 2. The zero-order chi connectivity index (χ0) is 22.1.